The van der Waals surface area contributed by atoms with E-state index in [2.05, 4.69) is 17.6 Å². The van der Waals surface area contributed by atoms with Crippen LogP contribution in [0, 0.1) is 5.92 Å². The fourth-order valence-corrected chi connectivity index (χ4v) is 2.54. The lowest BCUT2D eigenvalue weighted by Gasteiger charge is -2.29. The first kappa shape index (κ1) is 13.9. The number of anilines is 1. The molecule has 1 aliphatic heterocycles. The van der Waals surface area contributed by atoms with Gasteiger partial charge in [-0.05, 0) is 37.4 Å². The maximum Gasteiger partial charge on any atom is 0.226 e. The topological polar surface area (TPSA) is 50.4 Å². The van der Waals surface area contributed by atoms with Crippen molar-refractivity contribution >= 4 is 11.6 Å². The Kier molecular flexibility index (Phi) is 4.80. The van der Waals surface area contributed by atoms with Crippen LogP contribution in [0.5, 0.6) is 5.75 Å². The zero-order chi connectivity index (χ0) is 13.7. The molecule has 0 radical (unpaired) electrons. The Morgan fingerprint density at radius 1 is 1.47 bits per heavy atom. The Balaban J connectivity index is 1.93. The van der Waals surface area contributed by atoms with Gasteiger partial charge in [-0.1, -0.05) is 19.1 Å². The SMILES string of the molecule is COc1ccccc1NC(=O)CC1NCCCC1C. The second kappa shape index (κ2) is 6.57. The minimum Gasteiger partial charge on any atom is -0.495 e. The van der Waals surface area contributed by atoms with Gasteiger partial charge in [-0.15, -0.1) is 0 Å². The van der Waals surface area contributed by atoms with Crippen LogP contribution < -0.4 is 15.4 Å². The molecule has 0 aliphatic carbocycles. The number of rotatable bonds is 4. The summed E-state index contributed by atoms with van der Waals surface area (Å²) < 4.78 is 5.23. The van der Waals surface area contributed by atoms with Gasteiger partial charge in [0.2, 0.25) is 5.91 Å². The van der Waals surface area contributed by atoms with E-state index in [4.69, 9.17) is 4.74 Å². The summed E-state index contributed by atoms with van der Waals surface area (Å²) in [5.74, 6) is 1.29. The van der Waals surface area contributed by atoms with E-state index in [0.29, 0.717) is 18.1 Å². The first-order chi connectivity index (χ1) is 9.20. The predicted octanol–water partition coefficient (Wildman–Crippen LogP) is 2.41. The molecule has 0 saturated carbocycles. The van der Waals surface area contributed by atoms with Crippen molar-refractivity contribution in [3.8, 4) is 5.75 Å². The Labute approximate surface area is 114 Å². The minimum atomic E-state index is 0.0377. The lowest BCUT2D eigenvalue weighted by Crippen LogP contribution is -2.42. The van der Waals surface area contributed by atoms with Crippen LogP contribution in [-0.2, 0) is 4.79 Å². The normalized spacial score (nSPS) is 22.8. The Hall–Kier alpha value is -1.55. The van der Waals surface area contributed by atoms with E-state index in [1.54, 1.807) is 7.11 Å². The number of carbonyl (C=O) groups excluding carboxylic acids is 1. The van der Waals surface area contributed by atoms with Crippen molar-refractivity contribution in [1.29, 1.82) is 0 Å². The van der Waals surface area contributed by atoms with Gasteiger partial charge in [0.05, 0.1) is 12.8 Å². The van der Waals surface area contributed by atoms with E-state index in [1.807, 2.05) is 24.3 Å². The number of para-hydroxylation sites is 2. The summed E-state index contributed by atoms with van der Waals surface area (Å²) in [6.45, 7) is 3.21. The van der Waals surface area contributed by atoms with Crippen LogP contribution in [0.2, 0.25) is 0 Å². The van der Waals surface area contributed by atoms with E-state index in [1.165, 1.54) is 12.8 Å². The van der Waals surface area contributed by atoms with Crippen LogP contribution >= 0.6 is 0 Å². The summed E-state index contributed by atoms with van der Waals surface area (Å²) in [6.07, 6.45) is 2.91. The molecule has 4 nitrogen and oxygen atoms in total. The van der Waals surface area contributed by atoms with Gasteiger partial charge in [0.25, 0.3) is 0 Å². The van der Waals surface area contributed by atoms with E-state index >= 15 is 0 Å². The Morgan fingerprint density at radius 3 is 3.00 bits per heavy atom. The first-order valence-corrected chi connectivity index (χ1v) is 6.87. The van der Waals surface area contributed by atoms with E-state index in [0.717, 1.165) is 12.2 Å². The second-order valence-electron chi connectivity index (χ2n) is 5.13. The standard InChI is InChI=1S/C15H22N2O2/c1-11-6-5-9-16-13(11)10-15(18)17-12-7-3-4-8-14(12)19-2/h3-4,7-8,11,13,16H,5-6,9-10H2,1-2H3,(H,17,18). The highest BCUT2D eigenvalue weighted by molar-refractivity contribution is 5.92. The van der Waals surface area contributed by atoms with Crippen molar-refractivity contribution in [2.24, 2.45) is 5.92 Å². The number of methoxy groups -OCH3 is 1. The maximum atomic E-state index is 12.1. The molecule has 104 valence electrons. The van der Waals surface area contributed by atoms with E-state index in [9.17, 15) is 4.79 Å². The third-order valence-corrected chi connectivity index (χ3v) is 3.72. The lowest BCUT2D eigenvalue weighted by atomic mass is 9.90. The van der Waals surface area contributed by atoms with Gasteiger partial charge in [0, 0.05) is 12.5 Å². The maximum absolute atomic E-state index is 12.1. The van der Waals surface area contributed by atoms with Crippen molar-refractivity contribution in [3.63, 3.8) is 0 Å². The quantitative estimate of drug-likeness (QED) is 0.876. The van der Waals surface area contributed by atoms with Crippen LogP contribution in [0.25, 0.3) is 0 Å². The number of hydrogen-bond donors (Lipinski definition) is 2. The molecule has 1 saturated heterocycles. The molecular formula is C15H22N2O2. The molecular weight excluding hydrogens is 240 g/mol. The molecule has 1 aromatic rings. The molecule has 0 spiro atoms. The van der Waals surface area contributed by atoms with Crippen molar-refractivity contribution in [3.05, 3.63) is 24.3 Å². The Bertz CT molecular complexity index is 434. The second-order valence-corrected chi connectivity index (χ2v) is 5.13. The number of carbonyl (C=O) groups is 1. The van der Waals surface area contributed by atoms with Crippen LogP contribution in [0.1, 0.15) is 26.2 Å². The van der Waals surface area contributed by atoms with E-state index in [-0.39, 0.29) is 11.9 Å². The number of nitrogens with one attached hydrogen (secondary N) is 2. The molecule has 1 aliphatic rings. The van der Waals surface area contributed by atoms with Gasteiger partial charge >= 0.3 is 0 Å². The zero-order valence-corrected chi connectivity index (χ0v) is 11.6. The Morgan fingerprint density at radius 2 is 2.26 bits per heavy atom. The number of amides is 1. The van der Waals surface area contributed by atoms with Crippen molar-refractivity contribution < 1.29 is 9.53 Å². The lowest BCUT2D eigenvalue weighted by molar-refractivity contribution is -0.117. The van der Waals surface area contributed by atoms with Gasteiger partial charge in [-0.25, -0.2) is 0 Å². The number of hydrogen-bond acceptors (Lipinski definition) is 3. The largest absolute Gasteiger partial charge is 0.495 e. The highest BCUT2D eigenvalue weighted by Gasteiger charge is 2.23. The summed E-state index contributed by atoms with van der Waals surface area (Å²) in [6, 6.07) is 7.76. The summed E-state index contributed by atoms with van der Waals surface area (Å²) in [5.41, 5.74) is 0.735. The molecule has 1 amide bonds. The van der Waals surface area contributed by atoms with Gasteiger partial charge < -0.3 is 15.4 Å². The summed E-state index contributed by atoms with van der Waals surface area (Å²) in [5, 5.41) is 6.35. The van der Waals surface area contributed by atoms with Crippen LogP contribution in [-0.4, -0.2) is 25.6 Å². The molecule has 2 rings (SSSR count). The summed E-state index contributed by atoms with van der Waals surface area (Å²) in [7, 11) is 1.61. The number of ether oxygens (including phenoxy) is 1. The van der Waals surface area contributed by atoms with Gasteiger partial charge in [-0.3, -0.25) is 4.79 Å². The van der Waals surface area contributed by atoms with Gasteiger partial charge in [-0.2, -0.15) is 0 Å². The van der Waals surface area contributed by atoms with Crippen molar-refractivity contribution in [2.75, 3.05) is 19.0 Å². The number of benzene rings is 1. The fraction of sp³-hybridized carbons (Fsp3) is 0.533. The number of piperidine rings is 1. The molecule has 4 heteroatoms. The average molecular weight is 262 g/mol. The highest BCUT2D eigenvalue weighted by Crippen LogP contribution is 2.24. The molecule has 1 aromatic carbocycles. The average Bonchev–Trinajstić information content (AvgIpc) is 2.42. The van der Waals surface area contributed by atoms with Crippen LogP contribution in [0.3, 0.4) is 0 Å². The smallest absolute Gasteiger partial charge is 0.226 e. The predicted molar refractivity (Wildman–Crippen MR) is 76.4 cm³/mol. The highest BCUT2D eigenvalue weighted by atomic mass is 16.5. The van der Waals surface area contributed by atoms with Crippen molar-refractivity contribution in [2.45, 2.75) is 32.2 Å². The molecule has 1 heterocycles. The van der Waals surface area contributed by atoms with Gasteiger partial charge in [0.15, 0.2) is 0 Å². The van der Waals surface area contributed by atoms with Crippen molar-refractivity contribution in [1.82, 2.24) is 5.32 Å². The fourth-order valence-electron chi connectivity index (χ4n) is 2.54. The van der Waals surface area contributed by atoms with E-state index < -0.39 is 0 Å². The molecule has 1 fully saturated rings. The summed E-state index contributed by atoms with van der Waals surface area (Å²) >= 11 is 0. The zero-order valence-electron chi connectivity index (χ0n) is 11.6. The summed E-state index contributed by atoms with van der Waals surface area (Å²) in [4.78, 5) is 12.1. The first-order valence-electron chi connectivity index (χ1n) is 6.87. The molecule has 0 bridgehead atoms. The third kappa shape index (κ3) is 3.70. The van der Waals surface area contributed by atoms with Crippen LogP contribution in [0.15, 0.2) is 24.3 Å². The molecule has 2 unspecified atom stereocenters. The van der Waals surface area contributed by atoms with Crippen LogP contribution in [0.4, 0.5) is 5.69 Å². The molecule has 2 atom stereocenters. The third-order valence-electron chi connectivity index (χ3n) is 3.72. The minimum absolute atomic E-state index is 0.0377. The molecule has 2 N–H and O–H groups in total. The molecule has 0 aromatic heterocycles. The molecule has 19 heavy (non-hydrogen) atoms. The monoisotopic (exact) mass is 262 g/mol. The van der Waals surface area contributed by atoms with Gasteiger partial charge in [0.1, 0.15) is 5.75 Å².